The second-order valence-corrected chi connectivity index (χ2v) is 3.15. The van der Waals surface area contributed by atoms with Crippen molar-refractivity contribution < 1.29 is 26.7 Å². The summed E-state index contributed by atoms with van der Waals surface area (Å²) < 4.78 is 55.9. The smallest absolute Gasteiger partial charge is 0.288 e. The van der Waals surface area contributed by atoms with Crippen molar-refractivity contribution in [3.05, 3.63) is 0 Å². The van der Waals surface area contributed by atoms with Gasteiger partial charge in [0, 0.05) is 0 Å². The molecule has 0 saturated heterocycles. The third kappa shape index (κ3) is 0.671. The molecular formula is C4BrF5O. The van der Waals surface area contributed by atoms with Crippen molar-refractivity contribution in [3.8, 4) is 0 Å². The molecule has 1 aliphatic carbocycles. The Morgan fingerprint density at radius 3 is 1.55 bits per heavy atom. The molecule has 64 valence electrons. The lowest BCUT2D eigenvalue weighted by Gasteiger charge is -2.42. The van der Waals surface area contributed by atoms with Crippen LogP contribution in [0.4, 0.5) is 22.0 Å². The molecule has 1 aliphatic rings. The highest BCUT2D eigenvalue weighted by atomic mass is 79.9. The fourth-order valence-corrected chi connectivity index (χ4v) is 1.11. The predicted molar refractivity (Wildman–Crippen MR) is 27.7 cm³/mol. The van der Waals surface area contributed by atoms with Gasteiger partial charge in [0.1, 0.15) is 0 Å². The van der Waals surface area contributed by atoms with E-state index in [1.54, 1.807) is 15.9 Å². The molecule has 0 bridgehead atoms. The summed E-state index contributed by atoms with van der Waals surface area (Å²) in [6.07, 6.45) is 0. The zero-order chi connectivity index (χ0) is 9.08. The highest BCUT2D eigenvalue weighted by Gasteiger charge is 2.89. The number of hydrogen-bond acceptors (Lipinski definition) is 1. The van der Waals surface area contributed by atoms with E-state index in [1.165, 1.54) is 0 Å². The van der Waals surface area contributed by atoms with Gasteiger partial charge in [0.2, 0.25) is 0 Å². The van der Waals surface area contributed by atoms with Gasteiger partial charge in [0.25, 0.3) is 10.4 Å². The van der Waals surface area contributed by atoms with Gasteiger partial charge in [-0.05, 0) is 15.9 Å². The normalized spacial score (nSPS) is 40.0. The Morgan fingerprint density at radius 2 is 1.45 bits per heavy atom. The van der Waals surface area contributed by atoms with Gasteiger partial charge in [-0.2, -0.15) is 17.6 Å². The van der Waals surface area contributed by atoms with Crippen LogP contribution in [-0.2, 0) is 4.79 Å². The minimum Gasteiger partial charge on any atom is -0.288 e. The molecule has 0 aromatic heterocycles. The zero-order valence-electron chi connectivity index (χ0n) is 4.68. The van der Waals surface area contributed by atoms with Crippen molar-refractivity contribution in [1.82, 2.24) is 0 Å². The summed E-state index contributed by atoms with van der Waals surface area (Å²) in [7, 11) is 0. The standard InChI is InChI=1S/C4BrF5O/c5-2(6)1(11)3(7,8)4(2,9)10. The maximum Gasteiger partial charge on any atom is 0.376 e. The molecule has 1 nitrogen and oxygen atoms in total. The lowest BCUT2D eigenvalue weighted by atomic mass is 9.85. The number of halogens is 6. The van der Waals surface area contributed by atoms with Crippen molar-refractivity contribution in [3.63, 3.8) is 0 Å². The molecule has 0 amide bonds. The van der Waals surface area contributed by atoms with Crippen LogP contribution in [0.2, 0.25) is 0 Å². The van der Waals surface area contributed by atoms with E-state index in [0.717, 1.165) is 0 Å². The molecule has 0 spiro atoms. The molecule has 1 unspecified atom stereocenters. The minimum absolute atomic E-state index is 1.58. The fourth-order valence-electron chi connectivity index (χ4n) is 0.617. The summed E-state index contributed by atoms with van der Waals surface area (Å²) in [4.78, 5) is 9.97. The van der Waals surface area contributed by atoms with Crippen LogP contribution in [0.15, 0.2) is 0 Å². The molecule has 1 rings (SSSR count). The SMILES string of the molecule is O=C1C(F)(F)C(F)(F)C1(F)Br. The Balaban J connectivity index is 3.08. The molecule has 0 N–H and O–H groups in total. The molecule has 7 heteroatoms. The average molecular weight is 239 g/mol. The van der Waals surface area contributed by atoms with Crippen LogP contribution in [0, 0.1) is 0 Å². The maximum absolute atomic E-state index is 12.2. The predicted octanol–water partition coefficient (Wildman–Crippen LogP) is 1.90. The van der Waals surface area contributed by atoms with Gasteiger partial charge < -0.3 is 0 Å². The number of carbonyl (C=O) groups excluding carboxylic acids is 1. The van der Waals surface area contributed by atoms with Gasteiger partial charge in [-0.1, -0.05) is 0 Å². The highest BCUT2D eigenvalue weighted by Crippen LogP contribution is 2.59. The lowest BCUT2D eigenvalue weighted by Crippen LogP contribution is -2.74. The van der Waals surface area contributed by atoms with Crippen LogP contribution >= 0.6 is 15.9 Å². The van der Waals surface area contributed by atoms with Gasteiger partial charge in [0.15, 0.2) is 0 Å². The van der Waals surface area contributed by atoms with Gasteiger partial charge in [-0.25, -0.2) is 4.39 Å². The van der Waals surface area contributed by atoms with Crippen molar-refractivity contribution in [2.45, 2.75) is 16.4 Å². The van der Waals surface area contributed by atoms with Gasteiger partial charge >= 0.3 is 11.8 Å². The summed E-state index contributed by atoms with van der Waals surface area (Å²) in [6, 6.07) is 0. The Bertz CT molecular complexity index is 203. The summed E-state index contributed by atoms with van der Waals surface area (Å²) in [5, 5.41) is 0. The molecule has 1 saturated carbocycles. The molecule has 11 heavy (non-hydrogen) atoms. The first-order valence-corrected chi connectivity index (χ1v) is 3.13. The molecule has 0 aliphatic heterocycles. The van der Waals surface area contributed by atoms with Crippen LogP contribution in [0.5, 0.6) is 0 Å². The quantitative estimate of drug-likeness (QED) is 0.466. The van der Waals surface area contributed by atoms with Gasteiger partial charge in [0.05, 0.1) is 0 Å². The highest BCUT2D eigenvalue weighted by molar-refractivity contribution is 9.10. The number of carbonyl (C=O) groups is 1. The first-order chi connectivity index (χ1) is 4.65. The molecular weight excluding hydrogens is 239 g/mol. The topological polar surface area (TPSA) is 17.1 Å². The van der Waals surface area contributed by atoms with E-state index in [2.05, 4.69) is 0 Å². The molecule has 0 aromatic carbocycles. The molecule has 0 heterocycles. The van der Waals surface area contributed by atoms with E-state index in [0.29, 0.717) is 0 Å². The van der Waals surface area contributed by atoms with Crippen LogP contribution < -0.4 is 0 Å². The first kappa shape index (κ1) is 8.89. The summed E-state index contributed by atoms with van der Waals surface area (Å²) in [5.74, 6) is -12.3. The number of Topliss-reactive ketones (excluding diaryl/α,β-unsaturated/α-hetero) is 1. The van der Waals surface area contributed by atoms with Crippen molar-refractivity contribution in [1.29, 1.82) is 0 Å². The van der Waals surface area contributed by atoms with Crippen molar-refractivity contribution >= 4 is 21.7 Å². The molecule has 1 atom stereocenters. The van der Waals surface area contributed by atoms with Crippen molar-refractivity contribution in [2.24, 2.45) is 0 Å². The van der Waals surface area contributed by atoms with E-state index in [9.17, 15) is 26.7 Å². The van der Waals surface area contributed by atoms with Crippen LogP contribution in [0.25, 0.3) is 0 Å². The third-order valence-electron chi connectivity index (χ3n) is 1.36. The molecule has 0 radical (unpaired) electrons. The Morgan fingerprint density at radius 1 is 1.09 bits per heavy atom. The second kappa shape index (κ2) is 1.75. The number of ketones is 1. The van der Waals surface area contributed by atoms with E-state index >= 15 is 0 Å². The van der Waals surface area contributed by atoms with Crippen LogP contribution in [-0.4, -0.2) is 22.2 Å². The minimum atomic E-state index is -4.95. The summed E-state index contributed by atoms with van der Waals surface area (Å²) in [6.45, 7) is 0. The van der Waals surface area contributed by atoms with Crippen LogP contribution in [0.1, 0.15) is 0 Å². The summed E-state index contributed by atoms with van der Waals surface area (Å²) in [5.41, 5.74) is 0. The average Bonchev–Trinajstić information content (AvgIpc) is 1.84. The van der Waals surface area contributed by atoms with E-state index in [1.807, 2.05) is 0 Å². The van der Waals surface area contributed by atoms with E-state index in [-0.39, 0.29) is 0 Å². The van der Waals surface area contributed by atoms with Gasteiger partial charge in [-0.15, -0.1) is 0 Å². The second-order valence-electron chi connectivity index (χ2n) is 2.05. The largest absolute Gasteiger partial charge is 0.376 e. The van der Waals surface area contributed by atoms with Crippen molar-refractivity contribution in [2.75, 3.05) is 0 Å². The first-order valence-electron chi connectivity index (χ1n) is 2.34. The lowest BCUT2D eigenvalue weighted by molar-refractivity contribution is -0.283. The Labute approximate surface area is 65.7 Å². The Hall–Kier alpha value is -0.200. The molecule has 0 aromatic rings. The number of hydrogen-bond donors (Lipinski definition) is 0. The monoisotopic (exact) mass is 238 g/mol. The van der Waals surface area contributed by atoms with E-state index < -0.39 is 22.2 Å². The number of rotatable bonds is 0. The zero-order valence-corrected chi connectivity index (χ0v) is 6.26. The fraction of sp³-hybridized carbons (Fsp3) is 0.750. The summed E-state index contributed by atoms with van der Waals surface area (Å²) >= 11 is 1.58. The Kier molecular flexibility index (Phi) is 1.42. The van der Waals surface area contributed by atoms with E-state index in [4.69, 9.17) is 0 Å². The van der Waals surface area contributed by atoms with Crippen LogP contribution in [0.3, 0.4) is 0 Å². The third-order valence-corrected chi connectivity index (χ3v) is 2.22. The number of alkyl halides is 6. The molecule has 1 fully saturated rings. The van der Waals surface area contributed by atoms with Gasteiger partial charge in [-0.3, -0.25) is 4.79 Å². The maximum atomic E-state index is 12.2.